The second-order valence-electron chi connectivity index (χ2n) is 3.41. The molecular formula is C11H11FN4. The molecule has 1 aromatic heterocycles. The van der Waals surface area contributed by atoms with Gasteiger partial charge in [0, 0.05) is 12.6 Å². The normalized spacial score (nSPS) is 10.3. The molecular weight excluding hydrogens is 207 g/mol. The Morgan fingerprint density at radius 3 is 2.75 bits per heavy atom. The SMILES string of the molecule is Nc1cc(CCc2nccnn2)ccc1F. The molecule has 2 N–H and O–H groups in total. The Bertz CT molecular complexity index is 473. The fourth-order valence-electron chi connectivity index (χ4n) is 1.39. The first-order valence-electron chi connectivity index (χ1n) is 4.92. The number of aryl methyl sites for hydroxylation is 2. The highest BCUT2D eigenvalue weighted by Gasteiger charge is 2.01. The molecule has 0 amide bonds. The lowest BCUT2D eigenvalue weighted by atomic mass is 10.1. The summed E-state index contributed by atoms with van der Waals surface area (Å²) in [6.07, 6.45) is 4.51. The first-order chi connectivity index (χ1) is 7.75. The van der Waals surface area contributed by atoms with Crippen molar-refractivity contribution in [3.05, 3.63) is 47.8 Å². The number of rotatable bonds is 3. The fraction of sp³-hybridized carbons (Fsp3) is 0.182. The standard InChI is InChI=1S/C11H11FN4/c12-9-3-1-8(7-10(9)13)2-4-11-14-5-6-15-16-11/h1,3,5-7H,2,4,13H2. The maximum absolute atomic E-state index is 12.9. The summed E-state index contributed by atoms with van der Waals surface area (Å²) in [6.45, 7) is 0. The van der Waals surface area contributed by atoms with Gasteiger partial charge in [0.1, 0.15) is 5.82 Å². The summed E-state index contributed by atoms with van der Waals surface area (Å²) in [5.74, 6) is 0.284. The third kappa shape index (κ3) is 2.50. The van der Waals surface area contributed by atoms with E-state index in [0.29, 0.717) is 12.2 Å². The summed E-state index contributed by atoms with van der Waals surface area (Å²) >= 11 is 0. The van der Waals surface area contributed by atoms with Gasteiger partial charge in [-0.05, 0) is 24.1 Å². The molecule has 2 aromatic rings. The zero-order chi connectivity index (χ0) is 11.4. The molecule has 0 aliphatic rings. The van der Waals surface area contributed by atoms with Crippen molar-refractivity contribution in [2.24, 2.45) is 0 Å². The lowest BCUT2D eigenvalue weighted by molar-refractivity contribution is 0.631. The molecule has 0 aliphatic heterocycles. The lowest BCUT2D eigenvalue weighted by Crippen LogP contribution is -2.00. The zero-order valence-corrected chi connectivity index (χ0v) is 8.60. The first kappa shape index (κ1) is 10.5. The summed E-state index contributed by atoms with van der Waals surface area (Å²) in [5.41, 5.74) is 6.61. The molecule has 0 bridgehead atoms. The number of halogens is 1. The lowest BCUT2D eigenvalue weighted by Gasteiger charge is -2.02. The van der Waals surface area contributed by atoms with Crippen LogP contribution < -0.4 is 5.73 Å². The first-order valence-corrected chi connectivity index (χ1v) is 4.92. The summed E-state index contributed by atoms with van der Waals surface area (Å²) in [7, 11) is 0. The van der Waals surface area contributed by atoms with Crippen LogP contribution >= 0.6 is 0 Å². The summed E-state index contributed by atoms with van der Waals surface area (Å²) < 4.78 is 12.9. The number of aromatic nitrogens is 3. The van der Waals surface area contributed by atoms with E-state index < -0.39 is 0 Å². The highest BCUT2D eigenvalue weighted by Crippen LogP contribution is 2.13. The van der Waals surface area contributed by atoms with Gasteiger partial charge in [0.05, 0.1) is 11.9 Å². The molecule has 82 valence electrons. The van der Waals surface area contributed by atoms with E-state index in [9.17, 15) is 4.39 Å². The number of hydrogen-bond donors (Lipinski definition) is 1. The van der Waals surface area contributed by atoms with E-state index in [-0.39, 0.29) is 11.5 Å². The van der Waals surface area contributed by atoms with E-state index in [0.717, 1.165) is 12.0 Å². The minimum Gasteiger partial charge on any atom is -0.396 e. The van der Waals surface area contributed by atoms with Crippen molar-refractivity contribution < 1.29 is 4.39 Å². The molecule has 0 fully saturated rings. The molecule has 1 aromatic carbocycles. The average molecular weight is 218 g/mol. The predicted molar refractivity (Wildman–Crippen MR) is 58.0 cm³/mol. The van der Waals surface area contributed by atoms with E-state index in [1.807, 2.05) is 0 Å². The third-order valence-corrected chi connectivity index (χ3v) is 2.23. The van der Waals surface area contributed by atoms with E-state index in [1.54, 1.807) is 18.3 Å². The molecule has 0 spiro atoms. The van der Waals surface area contributed by atoms with Gasteiger partial charge < -0.3 is 5.73 Å². The number of nitrogen functional groups attached to an aromatic ring is 1. The van der Waals surface area contributed by atoms with Gasteiger partial charge in [-0.25, -0.2) is 9.37 Å². The van der Waals surface area contributed by atoms with Crippen molar-refractivity contribution in [2.75, 3.05) is 5.73 Å². The Morgan fingerprint density at radius 1 is 1.19 bits per heavy atom. The third-order valence-electron chi connectivity index (χ3n) is 2.23. The van der Waals surface area contributed by atoms with Crippen molar-refractivity contribution in [3.63, 3.8) is 0 Å². The summed E-state index contributed by atoms with van der Waals surface area (Å²) in [4.78, 5) is 4.05. The van der Waals surface area contributed by atoms with Crippen LogP contribution in [0.2, 0.25) is 0 Å². The predicted octanol–water partition coefficient (Wildman–Crippen LogP) is 1.38. The minimum atomic E-state index is -0.388. The van der Waals surface area contributed by atoms with Crippen LogP contribution in [0.1, 0.15) is 11.4 Å². The van der Waals surface area contributed by atoms with E-state index in [4.69, 9.17) is 5.73 Å². The van der Waals surface area contributed by atoms with E-state index in [1.165, 1.54) is 12.3 Å². The number of hydrogen-bond acceptors (Lipinski definition) is 4. The van der Waals surface area contributed by atoms with Gasteiger partial charge in [0.25, 0.3) is 0 Å². The molecule has 0 saturated carbocycles. The van der Waals surface area contributed by atoms with Crippen LogP contribution in [-0.2, 0) is 12.8 Å². The maximum atomic E-state index is 12.9. The average Bonchev–Trinajstić information content (AvgIpc) is 2.32. The van der Waals surface area contributed by atoms with Crippen molar-refractivity contribution >= 4 is 5.69 Å². The smallest absolute Gasteiger partial charge is 0.151 e. The van der Waals surface area contributed by atoms with Crippen molar-refractivity contribution in [2.45, 2.75) is 12.8 Å². The molecule has 0 saturated heterocycles. The van der Waals surface area contributed by atoms with Gasteiger partial charge in [-0.1, -0.05) is 6.07 Å². The summed E-state index contributed by atoms with van der Waals surface area (Å²) in [6, 6.07) is 4.71. The molecule has 0 atom stereocenters. The van der Waals surface area contributed by atoms with Gasteiger partial charge in [0.2, 0.25) is 0 Å². The molecule has 4 nitrogen and oxygen atoms in total. The second-order valence-corrected chi connectivity index (χ2v) is 3.41. The second kappa shape index (κ2) is 4.65. The number of anilines is 1. The molecule has 16 heavy (non-hydrogen) atoms. The number of nitrogens with zero attached hydrogens (tertiary/aromatic N) is 3. The van der Waals surface area contributed by atoms with E-state index >= 15 is 0 Å². The fourth-order valence-corrected chi connectivity index (χ4v) is 1.39. The quantitative estimate of drug-likeness (QED) is 0.790. The topological polar surface area (TPSA) is 64.7 Å². The Labute approximate surface area is 92.4 Å². The maximum Gasteiger partial charge on any atom is 0.151 e. The summed E-state index contributed by atoms with van der Waals surface area (Å²) in [5, 5.41) is 7.60. The number of benzene rings is 1. The Morgan fingerprint density at radius 2 is 2.06 bits per heavy atom. The van der Waals surface area contributed by atoms with Crippen LogP contribution in [0.25, 0.3) is 0 Å². The van der Waals surface area contributed by atoms with Gasteiger partial charge in [-0.3, -0.25) is 0 Å². The molecule has 0 unspecified atom stereocenters. The van der Waals surface area contributed by atoms with Crippen LogP contribution in [0.4, 0.5) is 10.1 Å². The Hall–Kier alpha value is -2.04. The van der Waals surface area contributed by atoms with Crippen molar-refractivity contribution in [1.82, 2.24) is 15.2 Å². The van der Waals surface area contributed by atoms with Crippen molar-refractivity contribution in [1.29, 1.82) is 0 Å². The highest BCUT2D eigenvalue weighted by molar-refractivity contribution is 5.42. The van der Waals surface area contributed by atoms with E-state index in [2.05, 4.69) is 15.2 Å². The molecule has 0 aliphatic carbocycles. The number of nitrogens with two attached hydrogens (primary N) is 1. The highest BCUT2D eigenvalue weighted by atomic mass is 19.1. The monoisotopic (exact) mass is 218 g/mol. The van der Waals surface area contributed by atoms with Gasteiger partial charge in [0.15, 0.2) is 5.82 Å². The Balaban J connectivity index is 2.03. The van der Waals surface area contributed by atoms with Gasteiger partial charge >= 0.3 is 0 Å². The van der Waals surface area contributed by atoms with Crippen LogP contribution in [-0.4, -0.2) is 15.2 Å². The minimum absolute atomic E-state index is 0.171. The zero-order valence-electron chi connectivity index (χ0n) is 8.60. The van der Waals surface area contributed by atoms with Crippen LogP contribution in [0.3, 0.4) is 0 Å². The van der Waals surface area contributed by atoms with Gasteiger partial charge in [-0.2, -0.15) is 5.10 Å². The molecule has 5 heteroatoms. The Kier molecular flexibility index (Phi) is 3.05. The molecule has 0 radical (unpaired) electrons. The van der Waals surface area contributed by atoms with Crippen molar-refractivity contribution in [3.8, 4) is 0 Å². The van der Waals surface area contributed by atoms with Gasteiger partial charge in [-0.15, -0.1) is 5.10 Å². The molecule has 2 rings (SSSR count). The van der Waals surface area contributed by atoms with Crippen LogP contribution in [0.5, 0.6) is 0 Å². The van der Waals surface area contributed by atoms with Crippen LogP contribution in [0.15, 0.2) is 30.6 Å². The largest absolute Gasteiger partial charge is 0.396 e. The molecule has 1 heterocycles. The van der Waals surface area contributed by atoms with Crippen LogP contribution in [0, 0.1) is 5.82 Å².